The third-order valence-corrected chi connectivity index (χ3v) is 2.08. The average Bonchev–Trinajstić information content (AvgIpc) is 2.58. The number of hydrogen-bond acceptors (Lipinski definition) is 2. The van der Waals surface area contributed by atoms with Crippen molar-refractivity contribution < 1.29 is 4.84 Å². The average molecular weight is 182 g/mol. The molecule has 12 heavy (non-hydrogen) atoms. The maximum atomic E-state index is 5.75. The Morgan fingerprint density at radius 1 is 1.33 bits per heavy atom. The molecule has 3 heteroatoms. The summed E-state index contributed by atoms with van der Waals surface area (Å²) in [7, 11) is 0. The molecular weight excluding hydrogens is 174 g/mol. The molecule has 0 N–H and O–H groups in total. The zero-order valence-corrected chi connectivity index (χ0v) is 7.16. The van der Waals surface area contributed by atoms with E-state index in [1.807, 2.05) is 24.3 Å². The number of halogens is 1. The molecule has 1 aliphatic heterocycles. The van der Waals surface area contributed by atoms with Gasteiger partial charge in [-0.3, -0.25) is 0 Å². The Labute approximate surface area is 75.8 Å². The van der Waals surface area contributed by atoms with E-state index < -0.39 is 0 Å². The first-order valence-electron chi connectivity index (χ1n) is 3.79. The Kier molecular flexibility index (Phi) is 2.00. The quantitative estimate of drug-likeness (QED) is 0.653. The summed E-state index contributed by atoms with van der Waals surface area (Å²) in [4.78, 5) is 5.11. The van der Waals surface area contributed by atoms with Crippen molar-refractivity contribution in [2.45, 2.75) is 12.5 Å². The van der Waals surface area contributed by atoms with Gasteiger partial charge in [-0.05, 0) is 17.7 Å². The standard InChI is InChI=1S/C9H8ClNO/c10-8-3-1-7(2-4-8)9-5-6-11-12-9/h1-4,6,9H,5H2/t9-/m0/s1. The summed E-state index contributed by atoms with van der Waals surface area (Å²) < 4.78 is 0. The normalized spacial score (nSPS) is 20.9. The van der Waals surface area contributed by atoms with Crippen LogP contribution >= 0.6 is 11.6 Å². The van der Waals surface area contributed by atoms with Crippen LogP contribution in [0.1, 0.15) is 18.1 Å². The van der Waals surface area contributed by atoms with E-state index in [1.54, 1.807) is 6.21 Å². The molecule has 1 aromatic carbocycles. The van der Waals surface area contributed by atoms with Gasteiger partial charge in [0.1, 0.15) is 0 Å². The van der Waals surface area contributed by atoms with Crippen LogP contribution in [0, 0.1) is 0 Å². The lowest BCUT2D eigenvalue weighted by molar-refractivity contribution is 0.0858. The number of oxime groups is 1. The number of benzene rings is 1. The number of hydrogen-bond donors (Lipinski definition) is 0. The summed E-state index contributed by atoms with van der Waals surface area (Å²) in [5.74, 6) is 0. The van der Waals surface area contributed by atoms with E-state index in [4.69, 9.17) is 16.4 Å². The van der Waals surface area contributed by atoms with E-state index >= 15 is 0 Å². The van der Waals surface area contributed by atoms with Crippen LogP contribution < -0.4 is 0 Å². The zero-order chi connectivity index (χ0) is 8.39. The first-order valence-corrected chi connectivity index (χ1v) is 4.17. The second-order valence-corrected chi connectivity index (χ2v) is 3.11. The highest BCUT2D eigenvalue weighted by molar-refractivity contribution is 6.30. The molecule has 0 bridgehead atoms. The number of rotatable bonds is 1. The molecule has 0 aliphatic carbocycles. The first kappa shape index (κ1) is 7.62. The lowest BCUT2D eigenvalue weighted by Crippen LogP contribution is -1.94. The largest absolute Gasteiger partial charge is 0.388 e. The lowest BCUT2D eigenvalue weighted by Gasteiger charge is -2.07. The van der Waals surface area contributed by atoms with E-state index in [2.05, 4.69) is 5.16 Å². The lowest BCUT2D eigenvalue weighted by atomic mass is 10.1. The van der Waals surface area contributed by atoms with Gasteiger partial charge in [-0.15, -0.1) is 0 Å². The summed E-state index contributed by atoms with van der Waals surface area (Å²) in [6.07, 6.45) is 2.71. The topological polar surface area (TPSA) is 21.6 Å². The predicted molar refractivity (Wildman–Crippen MR) is 48.4 cm³/mol. The van der Waals surface area contributed by atoms with E-state index in [1.165, 1.54) is 0 Å². The minimum atomic E-state index is 0.0854. The van der Waals surface area contributed by atoms with Gasteiger partial charge < -0.3 is 4.84 Å². The van der Waals surface area contributed by atoms with Crippen molar-refractivity contribution in [1.82, 2.24) is 0 Å². The van der Waals surface area contributed by atoms with Crippen LogP contribution in [-0.2, 0) is 4.84 Å². The Balaban J connectivity index is 2.18. The van der Waals surface area contributed by atoms with Gasteiger partial charge >= 0.3 is 0 Å². The molecule has 0 spiro atoms. The molecule has 0 unspecified atom stereocenters. The molecule has 0 saturated heterocycles. The molecule has 1 heterocycles. The highest BCUT2D eigenvalue weighted by Crippen LogP contribution is 2.25. The van der Waals surface area contributed by atoms with E-state index in [9.17, 15) is 0 Å². The molecule has 62 valence electrons. The van der Waals surface area contributed by atoms with Gasteiger partial charge in [0, 0.05) is 17.7 Å². The summed E-state index contributed by atoms with van der Waals surface area (Å²) in [6.45, 7) is 0. The minimum absolute atomic E-state index is 0.0854. The molecule has 0 amide bonds. The minimum Gasteiger partial charge on any atom is -0.388 e. The fourth-order valence-corrected chi connectivity index (χ4v) is 1.30. The van der Waals surface area contributed by atoms with Crippen molar-refractivity contribution in [1.29, 1.82) is 0 Å². The van der Waals surface area contributed by atoms with Crippen molar-refractivity contribution >= 4 is 17.8 Å². The second kappa shape index (κ2) is 3.15. The molecule has 1 aromatic rings. The van der Waals surface area contributed by atoms with Crippen LogP contribution in [0.15, 0.2) is 29.4 Å². The van der Waals surface area contributed by atoms with Crippen molar-refractivity contribution in [2.24, 2.45) is 5.16 Å². The molecule has 0 radical (unpaired) electrons. The van der Waals surface area contributed by atoms with Crippen molar-refractivity contribution in [3.05, 3.63) is 34.9 Å². The summed E-state index contributed by atoms with van der Waals surface area (Å²) in [5, 5.41) is 4.45. The van der Waals surface area contributed by atoms with Crippen LogP contribution in [0.2, 0.25) is 5.02 Å². The van der Waals surface area contributed by atoms with Crippen LogP contribution in [0.3, 0.4) is 0 Å². The molecule has 0 fully saturated rings. The SMILES string of the molecule is Clc1ccc([C@@H]2CC=NO2)cc1. The van der Waals surface area contributed by atoms with Crippen LogP contribution in [0.25, 0.3) is 0 Å². The Morgan fingerprint density at radius 2 is 2.08 bits per heavy atom. The maximum Gasteiger partial charge on any atom is 0.157 e. The third-order valence-electron chi connectivity index (χ3n) is 1.82. The molecule has 0 aromatic heterocycles. The second-order valence-electron chi connectivity index (χ2n) is 2.67. The van der Waals surface area contributed by atoms with Crippen molar-refractivity contribution in [2.75, 3.05) is 0 Å². The van der Waals surface area contributed by atoms with Crippen LogP contribution in [-0.4, -0.2) is 6.21 Å². The van der Waals surface area contributed by atoms with Gasteiger partial charge in [0.15, 0.2) is 6.10 Å². The molecule has 2 rings (SSSR count). The Morgan fingerprint density at radius 3 is 2.67 bits per heavy atom. The monoisotopic (exact) mass is 181 g/mol. The summed E-state index contributed by atoms with van der Waals surface area (Å²) in [6, 6.07) is 7.64. The van der Waals surface area contributed by atoms with Crippen molar-refractivity contribution in [3.63, 3.8) is 0 Å². The van der Waals surface area contributed by atoms with Gasteiger partial charge in [-0.2, -0.15) is 0 Å². The van der Waals surface area contributed by atoms with Crippen molar-refractivity contribution in [3.8, 4) is 0 Å². The van der Waals surface area contributed by atoms with Crippen LogP contribution in [0.4, 0.5) is 0 Å². The van der Waals surface area contributed by atoms with E-state index in [0.717, 1.165) is 17.0 Å². The molecule has 2 nitrogen and oxygen atoms in total. The summed E-state index contributed by atoms with van der Waals surface area (Å²) in [5.41, 5.74) is 1.12. The Bertz CT molecular complexity index is 286. The molecule has 0 saturated carbocycles. The highest BCUT2D eigenvalue weighted by Gasteiger charge is 2.14. The zero-order valence-electron chi connectivity index (χ0n) is 6.40. The van der Waals surface area contributed by atoms with Gasteiger partial charge in [-0.25, -0.2) is 0 Å². The third kappa shape index (κ3) is 1.43. The van der Waals surface area contributed by atoms with Gasteiger partial charge in [0.05, 0.1) is 0 Å². The molecular formula is C9H8ClNO. The van der Waals surface area contributed by atoms with E-state index in [0.29, 0.717) is 0 Å². The van der Waals surface area contributed by atoms with Crippen LogP contribution in [0.5, 0.6) is 0 Å². The molecule has 1 aliphatic rings. The summed E-state index contributed by atoms with van der Waals surface area (Å²) >= 11 is 5.75. The van der Waals surface area contributed by atoms with E-state index in [-0.39, 0.29) is 6.10 Å². The smallest absolute Gasteiger partial charge is 0.157 e. The fraction of sp³-hybridized carbons (Fsp3) is 0.222. The Hall–Kier alpha value is -1.02. The highest BCUT2D eigenvalue weighted by atomic mass is 35.5. The van der Waals surface area contributed by atoms with Gasteiger partial charge in [-0.1, -0.05) is 28.9 Å². The van der Waals surface area contributed by atoms with Gasteiger partial charge in [0.2, 0.25) is 0 Å². The fourth-order valence-electron chi connectivity index (χ4n) is 1.17. The predicted octanol–water partition coefficient (Wildman–Crippen LogP) is 2.79. The number of nitrogens with zero attached hydrogens (tertiary/aromatic N) is 1. The molecule has 1 atom stereocenters. The van der Waals surface area contributed by atoms with Gasteiger partial charge in [0.25, 0.3) is 0 Å². The maximum absolute atomic E-state index is 5.75. The first-order chi connectivity index (χ1) is 5.86.